The number of aldehydes is 1. The smallest absolute Gasteiger partial charge is 0.214 e. The van der Waals surface area contributed by atoms with Crippen LogP contribution >= 0.6 is 0 Å². The summed E-state index contributed by atoms with van der Waals surface area (Å²) in [4.78, 5) is 11.1. The van der Waals surface area contributed by atoms with Gasteiger partial charge in [0, 0.05) is 7.11 Å². The van der Waals surface area contributed by atoms with Crippen molar-refractivity contribution in [3.63, 3.8) is 0 Å². The lowest BCUT2D eigenvalue weighted by Gasteiger charge is -2.07. The maximum atomic E-state index is 11.1. The number of ether oxygens (including phenoxy) is 3. The molecular formula is C13H14O6. The minimum Gasteiger partial charge on any atom is -0.495 e. The van der Waals surface area contributed by atoms with Gasteiger partial charge in [-0.05, 0) is 12.1 Å². The molecule has 0 radical (unpaired) electrons. The summed E-state index contributed by atoms with van der Waals surface area (Å²) in [6.45, 7) is 0. The van der Waals surface area contributed by atoms with Gasteiger partial charge in [0.25, 0.3) is 0 Å². The SMILES string of the molecule is COc1c(C=O)cc(OC)c2oc(C(O)OC)cc12. The van der Waals surface area contributed by atoms with E-state index in [4.69, 9.17) is 18.6 Å². The molecule has 0 fully saturated rings. The average Bonchev–Trinajstić information content (AvgIpc) is 2.89. The monoisotopic (exact) mass is 266 g/mol. The molecule has 0 spiro atoms. The zero-order valence-corrected chi connectivity index (χ0v) is 10.8. The highest BCUT2D eigenvalue weighted by Crippen LogP contribution is 2.39. The Hall–Kier alpha value is -2.05. The van der Waals surface area contributed by atoms with Crippen LogP contribution in [0.3, 0.4) is 0 Å². The molecule has 1 atom stereocenters. The summed E-state index contributed by atoms with van der Waals surface area (Å²) in [6, 6.07) is 3.07. The lowest BCUT2D eigenvalue weighted by molar-refractivity contribution is -0.0895. The first kappa shape index (κ1) is 13.4. The van der Waals surface area contributed by atoms with Crippen molar-refractivity contribution in [2.24, 2.45) is 0 Å². The zero-order valence-electron chi connectivity index (χ0n) is 10.8. The van der Waals surface area contributed by atoms with Crippen molar-refractivity contribution in [2.75, 3.05) is 21.3 Å². The maximum absolute atomic E-state index is 11.1. The molecule has 1 aromatic carbocycles. The van der Waals surface area contributed by atoms with E-state index in [1.54, 1.807) is 6.07 Å². The van der Waals surface area contributed by atoms with Crippen LogP contribution in [0.15, 0.2) is 16.5 Å². The third-order valence-corrected chi connectivity index (χ3v) is 2.79. The molecule has 6 nitrogen and oxygen atoms in total. The van der Waals surface area contributed by atoms with Crippen LogP contribution in [0, 0.1) is 0 Å². The highest BCUT2D eigenvalue weighted by Gasteiger charge is 2.20. The molecule has 102 valence electrons. The number of benzene rings is 1. The Balaban J connectivity index is 2.76. The van der Waals surface area contributed by atoms with E-state index in [1.165, 1.54) is 27.4 Å². The molecule has 19 heavy (non-hydrogen) atoms. The molecule has 2 rings (SSSR count). The minimum absolute atomic E-state index is 0.206. The fraction of sp³-hybridized carbons (Fsp3) is 0.308. The van der Waals surface area contributed by atoms with Crippen LogP contribution in [0.1, 0.15) is 22.4 Å². The molecule has 0 aliphatic rings. The first-order valence-corrected chi connectivity index (χ1v) is 5.50. The second kappa shape index (κ2) is 5.29. The highest BCUT2D eigenvalue weighted by atomic mass is 16.6. The van der Waals surface area contributed by atoms with E-state index in [2.05, 4.69) is 0 Å². The summed E-state index contributed by atoms with van der Waals surface area (Å²) in [5.41, 5.74) is 0.724. The van der Waals surface area contributed by atoms with E-state index in [0.717, 1.165) is 0 Å². The van der Waals surface area contributed by atoms with Crippen molar-refractivity contribution < 1.29 is 28.5 Å². The Labute approximate surface area is 109 Å². The van der Waals surface area contributed by atoms with Crippen LogP contribution in [0.25, 0.3) is 11.0 Å². The molecule has 1 aromatic heterocycles. The topological polar surface area (TPSA) is 78.1 Å². The summed E-state index contributed by atoms with van der Waals surface area (Å²) < 4.78 is 20.6. The number of rotatable bonds is 5. The Kier molecular flexibility index (Phi) is 3.73. The quantitative estimate of drug-likeness (QED) is 0.657. The molecule has 0 amide bonds. The van der Waals surface area contributed by atoms with E-state index in [1.807, 2.05) is 0 Å². The molecule has 1 heterocycles. The standard InChI is InChI=1S/C13H14O6/c1-16-9-4-7(6-14)11(17-2)8-5-10(13(15)18-3)19-12(8)9/h4-6,13,15H,1-3H3. The van der Waals surface area contributed by atoms with E-state index < -0.39 is 6.29 Å². The minimum atomic E-state index is -1.19. The lowest BCUT2D eigenvalue weighted by Crippen LogP contribution is -1.96. The van der Waals surface area contributed by atoms with Gasteiger partial charge in [-0.25, -0.2) is 0 Å². The molecule has 1 N–H and O–H groups in total. The second-order valence-corrected chi connectivity index (χ2v) is 3.80. The number of methoxy groups -OCH3 is 3. The second-order valence-electron chi connectivity index (χ2n) is 3.80. The predicted octanol–water partition coefficient (Wildman–Crippen LogP) is 1.90. The molecule has 0 aliphatic heterocycles. The number of furan rings is 1. The summed E-state index contributed by atoms with van der Waals surface area (Å²) in [6.07, 6.45) is -0.526. The Morgan fingerprint density at radius 2 is 2.00 bits per heavy atom. The van der Waals surface area contributed by atoms with Crippen LogP contribution < -0.4 is 9.47 Å². The molecule has 0 saturated carbocycles. The van der Waals surface area contributed by atoms with Crippen molar-refractivity contribution in [1.82, 2.24) is 0 Å². The van der Waals surface area contributed by atoms with Crippen LogP contribution in [0.5, 0.6) is 11.5 Å². The fourth-order valence-electron chi connectivity index (χ4n) is 1.89. The molecule has 0 bridgehead atoms. The molecule has 6 heteroatoms. The van der Waals surface area contributed by atoms with E-state index >= 15 is 0 Å². The van der Waals surface area contributed by atoms with Gasteiger partial charge in [-0.15, -0.1) is 0 Å². The fourth-order valence-corrected chi connectivity index (χ4v) is 1.89. The zero-order chi connectivity index (χ0) is 14.0. The van der Waals surface area contributed by atoms with Crippen molar-refractivity contribution >= 4 is 17.3 Å². The number of aliphatic hydroxyl groups is 1. The third-order valence-electron chi connectivity index (χ3n) is 2.79. The molecule has 2 aromatic rings. The van der Waals surface area contributed by atoms with Gasteiger partial charge in [0.2, 0.25) is 6.29 Å². The van der Waals surface area contributed by atoms with Crippen LogP contribution in [0.2, 0.25) is 0 Å². The average molecular weight is 266 g/mol. The van der Waals surface area contributed by atoms with Crippen molar-refractivity contribution in [2.45, 2.75) is 6.29 Å². The van der Waals surface area contributed by atoms with Crippen LogP contribution in [-0.4, -0.2) is 32.7 Å². The van der Waals surface area contributed by atoms with Gasteiger partial charge in [0.05, 0.1) is 25.2 Å². The van der Waals surface area contributed by atoms with Gasteiger partial charge in [-0.2, -0.15) is 0 Å². The molecule has 1 unspecified atom stereocenters. The van der Waals surface area contributed by atoms with Gasteiger partial charge in [0.15, 0.2) is 23.4 Å². The molecular weight excluding hydrogens is 252 g/mol. The van der Waals surface area contributed by atoms with Crippen molar-refractivity contribution in [3.8, 4) is 11.5 Å². The highest BCUT2D eigenvalue weighted by molar-refractivity contribution is 5.97. The van der Waals surface area contributed by atoms with Gasteiger partial charge >= 0.3 is 0 Å². The van der Waals surface area contributed by atoms with Crippen molar-refractivity contribution in [1.29, 1.82) is 0 Å². The van der Waals surface area contributed by atoms with Gasteiger partial charge in [-0.1, -0.05) is 0 Å². The molecule has 0 saturated heterocycles. The maximum Gasteiger partial charge on any atom is 0.214 e. The number of carbonyl (C=O) groups excluding carboxylic acids is 1. The summed E-state index contributed by atoms with van der Waals surface area (Å²) in [5, 5.41) is 10.2. The van der Waals surface area contributed by atoms with Gasteiger partial charge < -0.3 is 23.7 Å². The van der Waals surface area contributed by atoms with Crippen molar-refractivity contribution in [3.05, 3.63) is 23.5 Å². The summed E-state index contributed by atoms with van der Waals surface area (Å²) in [5.74, 6) is 0.953. The third kappa shape index (κ3) is 2.16. The van der Waals surface area contributed by atoms with Gasteiger partial charge in [0.1, 0.15) is 5.75 Å². The van der Waals surface area contributed by atoms with Crippen LogP contribution in [0.4, 0.5) is 0 Å². The number of hydrogen-bond acceptors (Lipinski definition) is 6. The lowest BCUT2D eigenvalue weighted by atomic mass is 10.1. The van der Waals surface area contributed by atoms with E-state index in [0.29, 0.717) is 34.3 Å². The van der Waals surface area contributed by atoms with Gasteiger partial charge in [-0.3, -0.25) is 4.79 Å². The number of hydrogen-bond donors (Lipinski definition) is 1. The Morgan fingerprint density at radius 1 is 1.26 bits per heavy atom. The summed E-state index contributed by atoms with van der Waals surface area (Å²) in [7, 11) is 4.27. The predicted molar refractivity (Wildman–Crippen MR) is 66.7 cm³/mol. The largest absolute Gasteiger partial charge is 0.495 e. The van der Waals surface area contributed by atoms with E-state index in [-0.39, 0.29) is 5.76 Å². The Bertz CT molecular complexity index is 601. The number of carbonyl (C=O) groups is 1. The number of aliphatic hydroxyl groups excluding tert-OH is 1. The number of fused-ring (bicyclic) bond motifs is 1. The van der Waals surface area contributed by atoms with Crippen LogP contribution in [-0.2, 0) is 4.74 Å². The normalized spacial score (nSPS) is 12.4. The first-order valence-electron chi connectivity index (χ1n) is 5.50. The van der Waals surface area contributed by atoms with E-state index in [9.17, 15) is 9.90 Å². The molecule has 0 aliphatic carbocycles. The Morgan fingerprint density at radius 3 is 2.53 bits per heavy atom. The summed E-state index contributed by atoms with van der Waals surface area (Å²) >= 11 is 0. The first-order chi connectivity index (χ1) is 9.15.